The fraction of sp³-hybridized carbons (Fsp3) is 0.357. The Morgan fingerprint density at radius 2 is 1.87 bits per heavy atom. The van der Waals surface area contributed by atoms with E-state index >= 15 is 0 Å². The first-order valence-corrected chi connectivity index (χ1v) is 12.6. The second-order valence-corrected chi connectivity index (χ2v) is 10.1. The standard InChI is InChI=1S/C28H24F4N4O3/c1-3-36-25-18(21-19-11-39-12-20(19)22(21)27(36)38)8-14(10-34-25)17-9-15(5-4-13(17)2)35-26(37)16-6-7-33-24(23(16)29)28(30,31)32/h4-10,19-22H,3,11-12H2,1-2H3,(H,35,37)/t19-,20+,21+,22-/m0/s1. The van der Waals surface area contributed by atoms with Crippen molar-refractivity contribution >= 4 is 23.3 Å². The van der Waals surface area contributed by atoms with Crippen LogP contribution in [0.5, 0.6) is 0 Å². The van der Waals surface area contributed by atoms with Gasteiger partial charge >= 0.3 is 6.18 Å². The van der Waals surface area contributed by atoms with E-state index in [0.29, 0.717) is 25.6 Å². The molecule has 39 heavy (non-hydrogen) atoms. The van der Waals surface area contributed by atoms with Crippen LogP contribution in [0.1, 0.15) is 40.0 Å². The molecule has 0 spiro atoms. The summed E-state index contributed by atoms with van der Waals surface area (Å²) in [5.41, 5.74) is 1.13. The van der Waals surface area contributed by atoms with Crippen LogP contribution >= 0.6 is 0 Å². The topological polar surface area (TPSA) is 84.4 Å². The van der Waals surface area contributed by atoms with Gasteiger partial charge in [0.05, 0.1) is 24.7 Å². The molecule has 2 aliphatic heterocycles. The molecule has 3 aliphatic rings. The van der Waals surface area contributed by atoms with Crippen molar-refractivity contribution in [2.24, 2.45) is 17.8 Å². The van der Waals surface area contributed by atoms with Crippen molar-refractivity contribution in [3.63, 3.8) is 0 Å². The molecule has 1 aliphatic carbocycles. The minimum absolute atomic E-state index is 0.0240. The number of anilines is 2. The van der Waals surface area contributed by atoms with E-state index in [1.807, 2.05) is 19.9 Å². The number of hydrogen-bond acceptors (Lipinski definition) is 5. The highest BCUT2D eigenvalue weighted by Crippen LogP contribution is 2.60. The second-order valence-electron chi connectivity index (χ2n) is 10.1. The Morgan fingerprint density at radius 3 is 2.59 bits per heavy atom. The van der Waals surface area contributed by atoms with E-state index in [4.69, 9.17) is 4.74 Å². The van der Waals surface area contributed by atoms with Crippen LogP contribution in [0, 0.1) is 30.5 Å². The van der Waals surface area contributed by atoms with E-state index in [-0.39, 0.29) is 35.3 Å². The van der Waals surface area contributed by atoms with Gasteiger partial charge < -0.3 is 10.1 Å². The lowest BCUT2D eigenvalue weighted by Gasteiger charge is -2.52. The van der Waals surface area contributed by atoms with Crippen molar-refractivity contribution in [1.29, 1.82) is 0 Å². The number of nitrogens with zero attached hydrogens (tertiary/aromatic N) is 3. The molecule has 7 nitrogen and oxygen atoms in total. The quantitative estimate of drug-likeness (QED) is 0.460. The van der Waals surface area contributed by atoms with Gasteiger partial charge in [-0.1, -0.05) is 6.07 Å². The summed E-state index contributed by atoms with van der Waals surface area (Å²) in [7, 11) is 0. The monoisotopic (exact) mass is 540 g/mol. The van der Waals surface area contributed by atoms with Crippen LogP contribution in [0.2, 0.25) is 0 Å². The average Bonchev–Trinajstić information content (AvgIpc) is 3.28. The zero-order valence-electron chi connectivity index (χ0n) is 21.1. The van der Waals surface area contributed by atoms with E-state index in [0.717, 1.165) is 34.5 Å². The number of rotatable bonds is 4. The van der Waals surface area contributed by atoms with Crippen molar-refractivity contribution < 1.29 is 31.9 Å². The SMILES string of the molecule is CCN1C(=O)[C@H]2[C@@H]3COC[C@@H]3[C@H]2c2cc(-c3cc(NC(=O)c4ccnc(C(F)(F)F)c4F)ccc3C)cnc21. The van der Waals surface area contributed by atoms with E-state index in [1.165, 1.54) is 0 Å². The minimum Gasteiger partial charge on any atom is -0.381 e. The Hall–Kier alpha value is -3.86. The van der Waals surface area contributed by atoms with Gasteiger partial charge in [0.25, 0.3) is 5.91 Å². The van der Waals surface area contributed by atoms with Crippen molar-refractivity contribution in [1.82, 2.24) is 9.97 Å². The van der Waals surface area contributed by atoms with Gasteiger partial charge in [0.15, 0.2) is 11.5 Å². The first-order valence-electron chi connectivity index (χ1n) is 12.6. The van der Waals surface area contributed by atoms with Crippen LogP contribution < -0.4 is 10.2 Å². The lowest BCUT2D eigenvalue weighted by atomic mass is 9.54. The number of ether oxygens (including phenoxy) is 1. The lowest BCUT2D eigenvalue weighted by Crippen LogP contribution is -2.57. The van der Waals surface area contributed by atoms with Gasteiger partial charge in [0.1, 0.15) is 5.82 Å². The van der Waals surface area contributed by atoms with Crippen molar-refractivity contribution in [2.45, 2.75) is 25.9 Å². The van der Waals surface area contributed by atoms with Gasteiger partial charge in [0.2, 0.25) is 5.91 Å². The second kappa shape index (κ2) is 9.11. The van der Waals surface area contributed by atoms with Crippen LogP contribution in [0.3, 0.4) is 0 Å². The number of aryl methyl sites for hydroxylation is 1. The van der Waals surface area contributed by atoms with E-state index in [9.17, 15) is 27.2 Å². The molecular weight excluding hydrogens is 516 g/mol. The summed E-state index contributed by atoms with van der Waals surface area (Å²) in [6, 6.07) is 7.94. The van der Waals surface area contributed by atoms with Crippen LogP contribution in [0.25, 0.3) is 11.1 Å². The maximum atomic E-state index is 14.5. The molecule has 2 fully saturated rings. The molecule has 3 aromatic rings. The molecule has 2 aromatic heterocycles. The van der Waals surface area contributed by atoms with Crippen LogP contribution in [-0.2, 0) is 15.7 Å². The molecule has 4 atom stereocenters. The maximum Gasteiger partial charge on any atom is 0.436 e. The largest absolute Gasteiger partial charge is 0.436 e. The predicted octanol–water partition coefficient (Wildman–Crippen LogP) is 5.20. The zero-order chi connectivity index (χ0) is 27.6. The third-order valence-corrected chi connectivity index (χ3v) is 8.07. The molecule has 1 saturated heterocycles. The Balaban J connectivity index is 1.33. The third kappa shape index (κ3) is 3.98. The number of benzene rings is 1. The summed E-state index contributed by atoms with van der Waals surface area (Å²) in [5, 5.41) is 2.49. The summed E-state index contributed by atoms with van der Waals surface area (Å²) in [4.78, 5) is 35.3. The molecule has 4 heterocycles. The molecule has 0 radical (unpaired) electrons. The van der Waals surface area contributed by atoms with Crippen molar-refractivity contribution in [3.8, 4) is 11.1 Å². The van der Waals surface area contributed by atoms with Crippen molar-refractivity contribution in [2.75, 3.05) is 30.0 Å². The Morgan fingerprint density at radius 1 is 1.13 bits per heavy atom. The Bertz CT molecular complexity index is 1510. The predicted molar refractivity (Wildman–Crippen MR) is 134 cm³/mol. The van der Waals surface area contributed by atoms with Gasteiger partial charge in [-0.15, -0.1) is 0 Å². The average molecular weight is 541 g/mol. The highest BCUT2D eigenvalue weighted by atomic mass is 19.4. The Labute approximate surface area is 221 Å². The van der Waals surface area contributed by atoms with Gasteiger partial charge in [-0.05, 0) is 55.2 Å². The first-order chi connectivity index (χ1) is 18.6. The molecule has 2 amide bonds. The molecule has 11 heteroatoms. The van der Waals surface area contributed by atoms with E-state index in [2.05, 4.69) is 15.3 Å². The minimum atomic E-state index is -5.03. The van der Waals surface area contributed by atoms with Crippen LogP contribution in [0.4, 0.5) is 29.1 Å². The van der Waals surface area contributed by atoms with Crippen LogP contribution in [-0.4, -0.2) is 41.5 Å². The maximum absolute atomic E-state index is 14.5. The number of carbonyl (C=O) groups excluding carboxylic acids is 2. The van der Waals surface area contributed by atoms with Gasteiger partial charge in [-0.2, -0.15) is 13.2 Å². The molecule has 202 valence electrons. The highest BCUT2D eigenvalue weighted by molar-refractivity contribution is 6.05. The summed E-state index contributed by atoms with van der Waals surface area (Å²) >= 11 is 0. The molecule has 0 bridgehead atoms. The normalized spacial score (nSPS) is 23.5. The first kappa shape index (κ1) is 25.4. The summed E-state index contributed by atoms with van der Waals surface area (Å²) < 4.78 is 59.3. The third-order valence-electron chi connectivity index (χ3n) is 8.07. The van der Waals surface area contributed by atoms with Gasteiger partial charge in [0, 0.05) is 47.6 Å². The van der Waals surface area contributed by atoms with E-state index < -0.39 is 29.2 Å². The summed E-state index contributed by atoms with van der Waals surface area (Å²) in [6.07, 6.45) is -2.61. The molecule has 0 unspecified atom stereocenters. The summed E-state index contributed by atoms with van der Waals surface area (Å²) in [5.74, 6) is -1.67. The molecule has 1 saturated carbocycles. The Kier molecular flexibility index (Phi) is 5.94. The van der Waals surface area contributed by atoms with E-state index in [1.54, 1.807) is 29.3 Å². The summed E-state index contributed by atoms with van der Waals surface area (Å²) in [6.45, 7) is 5.49. The number of hydrogen-bond donors (Lipinski definition) is 1. The molecule has 1 aromatic carbocycles. The lowest BCUT2D eigenvalue weighted by molar-refractivity contribution is -0.143. The highest BCUT2D eigenvalue weighted by Gasteiger charge is 2.60. The fourth-order valence-electron chi connectivity index (χ4n) is 6.18. The zero-order valence-corrected chi connectivity index (χ0v) is 21.1. The number of nitrogens with one attached hydrogen (secondary N) is 1. The number of halogens is 4. The number of pyridine rings is 2. The number of alkyl halides is 3. The van der Waals surface area contributed by atoms with Crippen molar-refractivity contribution in [3.05, 3.63) is 70.9 Å². The number of amides is 2. The van der Waals surface area contributed by atoms with Gasteiger partial charge in [-0.3, -0.25) is 14.5 Å². The van der Waals surface area contributed by atoms with Gasteiger partial charge in [-0.25, -0.2) is 14.4 Å². The number of fused-ring (bicyclic) bond motifs is 6. The molecule has 1 N–H and O–H groups in total. The fourth-order valence-corrected chi connectivity index (χ4v) is 6.18. The molecular formula is C28H24F4N4O3. The molecule has 6 rings (SSSR count). The number of carbonyl (C=O) groups is 2. The van der Waals surface area contributed by atoms with Crippen LogP contribution in [0.15, 0.2) is 42.7 Å². The smallest absolute Gasteiger partial charge is 0.381 e. The number of aromatic nitrogens is 2.